The number of para-hydroxylation sites is 1. The zero-order valence-corrected chi connectivity index (χ0v) is 16.6. The molecule has 4 rings (SSSR count). The number of urea groups is 1. The first kappa shape index (κ1) is 18.9. The highest BCUT2D eigenvalue weighted by molar-refractivity contribution is 5.95. The van der Waals surface area contributed by atoms with Gasteiger partial charge in [-0.1, -0.05) is 18.2 Å². The number of piperidine rings is 1. The zero-order chi connectivity index (χ0) is 20.4. The van der Waals surface area contributed by atoms with Gasteiger partial charge in [-0.15, -0.1) is 0 Å². The molecule has 1 aromatic carbocycles. The average Bonchev–Trinajstić information content (AvgIpc) is 3.02. The monoisotopic (exact) mass is 392 g/mol. The van der Waals surface area contributed by atoms with Gasteiger partial charge in [-0.3, -0.25) is 9.48 Å². The number of aromatic nitrogens is 3. The van der Waals surface area contributed by atoms with Gasteiger partial charge in [-0.25, -0.2) is 9.78 Å². The Morgan fingerprint density at radius 1 is 1.14 bits per heavy atom. The van der Waals surface area contributed by atoms with Crippen molar-refractivity contribution in [1.82, 2.24) is 19.7 Å². The summed E-state index contributed by atoms with van der Waals surface area (Å²) in [5.41, 5.74) is 3.03. The lowest BCUT2D eigenvalue weighted by atomic mass is 9.97. The standard InChI is InChI=1S/C21H24N6O2/c1-14-18-11-17(12-22-19(18)26(2)25-14)24-21(29)27-10-6-7-15(13-27)20(28)23-16-8-4-3-5-9-16/h3-5,8-9,11-12,15H,6-7,10,13H2,1-2H3,(H,23,28)(H,24,29)/t15-/m1/s1. The van der Waals surface area contributed by atoms with Gasteiger partial charge in [0.2, 0.25) is 5.91 Å². The van der Waals surface area contributed by atoms with Crippen molar-refractivity contribution < 1.29 is 9.59 Å². The quantitative estimate of drug-likeness (QED) is 0.716. The summed E-state index contributed by atoms with van der Waals surface area (Å²) < 4.78 is 1.72. The van der Waals surface area contributed by atoms with Crippen LogP contribution in [-0.2, 0) is 11.8 Å². The van der Waals surface area contributed by atoms with Crippen molar-refractivity contribution in [2.24, 2.45) is 13.0 Å². The molecule has 1 fully saturated rings. The Kier molecular flexibility index (Phi) is 5.16. The number of anilines is 2. The molecule has 2 aromatic heterocycles. The van der Waals surface area contributed by atoms with E-state index >= 15 is 0 Å². The van der Waals surface area contributed by atoms with Crippen LogP contribution >= 0.6 is 0 Å². The molecule has 0 saturated carbocycles. The molecule has 0 radical (unpaired) electrons. The van der Waals surface area contributed by atoms with Crippen molar-refractivity contribution in [2.75, 3.05) is 23.7 Å². The smallest absolute Gasteiger partial charge is 0.321 e. The number of hydrogen-bond donors (Lipinski definition) is 2. The molecule has 3 amide bonds. The van der Waals surface area contributed by atoms with E-state index in [-0.39, 0.29) is 17.9 Å². The molecule has 150 valence electrons. The van der Waals surface area contributed by atoms with E-state index in [1.807, 2.05) is 50.4 Å². The van der Waals surface area contributed by atoms with E-state index in [1.165, 1.54) is 0 Å². The molecule has 0 spiro atoms. The van der Waals surface area contributed by atoms with Gasteiger partial charge in [0.15, 0.2) is 5.65 Å². The highest BCUT2D eigenvalue weighted by Gasteiger charge is 2.28. The van der Waals surface area contributed by atoms with Crippen LogP contribution in [0.2, 0.25) is 0 Å². The molecule has 0 aliphatic carbocycles. The molecular weight excluding hydrogens is 368 g/mol. The number of aryl methyl sites for hydroxylation is 2. The number of carbonyl (C=O) groups is 2. The van der Waals surface area contributed by atoms with Crippen LogP contribution in [-0.4, -0.2) is 44.7 Å². The largest absolute Gasteiger partial charge is 0.326 e. The number of nitrogens with zero attached hydrogens (tertiary/aromatic N) is 4. The van der Waals surface area contributed by atoms with Crippen LogP contribution in [0.4, 0.5) is 16.2 Å². The first-order valence-corrected chi connectivity index (χ1v) is 9.72. The van der Waals surface area contributed by atoms with Crippen LogP contribution in [0, 0.1) is 12.8 Å². The molecule has 0 unspecified atom stereocenters. The first-order chi connectivity index (χ1) is 14.0. The molecular formula is C21H24N6O2. The minimum absolute atomic E-state index is 0.0530. The molecule has 2 N–H and O–H groups in total. The maximum Gasteiger partial charge on any atom is 0.321 e. The zero-order valence-electron chi connectivity index (χ0n) is 16.6. The number of hydrogen-bond acceptors (Lipinski definition) is 4. The molecule has 1 aliphatic rings. The van der Waals surface area contributed by atoms with Crippen molar-refractivity contribution in [2.45, 2.75) is 19.8 Å². The fraction of sp³-hybridized carbons (Fsp3) is 0.333. The normalized spacial score (nSPS) is 16.6. The number of benzene rings is 1. The summed E-state index contributed by atoms with van der Waals surface area (Å²) in [5, 5.41) is 11.1. The Hall–Kier alpha value is -3.42. The summed E-state index contributed by atoms with van der Waals surface area (Å²) in [6.07, 6.45) is 3.19. The number of pyridine rings is 1. The highest BCUT2D eigenvalue weighted by Crippen LogP contribution is 2.22. The van der Waals surface area contributed by atoms with Crippen LogP contribution in [0.25, 0.3) is 11.0 Å². The lowest BCUT2D eigenvalue weighted by molar-refractivity contribution is -0.121. The summed E-state index contributed by atoms with van der Waals surface area (Å²) in [5.74, 6) is -0.279. The number of carbonyl (C=O) groups excluding carboxylic acids is 2. The van der Waals surface area contributed by atoms with Crippen molar-refractivity contribution in [3.05, 3.63) is 48.3 Å². The van der Waals surface area contributed by atoms with Gasteiger partial charge in [-0.2, -0.15) is 5.10 Å². The van der Waals surface area contributed by atoms with Crippen LogP contribution in [0.5, 0.6) is 0 Å². The molecule has 1 atom stereocenters. The van der Waals surface area contributed by atoms with E-state index in [2.05, 4.69) is 20.7 Å². The van der Waals surface area contributed by atoms with Crippen molar-refractivity contribution >= 4 is 34.3 Å². The van der Waals surface area contributed by atoms with Crippen molar-refractivity contribution in [1.29, 1.82) is 0 Å². The Labute approximate surface area is 168 Å². The third-order valence-electron chi connectivity index (χ3n) is 5.23. The van der Waals surface area contributed by atoms with Gasteiger partial charge in [0, 0.05) is 31.2 Å². The van der Waals surface area contributed by atoms with Gasteiger partial charge >= 0.3 is 6.03 Å². The second-order valence-electron chi connectivity index (χ2n) is 7.37. The van der Waals surface area contributed by atoms with Gasteiger partial charge < -0.3 is 15.5 Å². The van der Waals surface area contributed by atoms with Gasteiger partial charge in [0.05, 0.1) is 23.5 Å². The minimum atomic E-state index is -0.226. The number of nitrogens with one attached hydrogen (secondary N) is 2. The van der Waals surface area contributed by atoms with E-state index in [0.29, 0.717) is 18.8 Å². The fourth-order valence-corrected chi connectivity index (χ4v) is 3.72. The predicted molar refractivity (Wildman–Crippen MR) is 112 cm³/mol. The van der Waals surface area contributed by atoms with E-state index in [9.17, 15) is 9.59 Å². The average molecular weight is 392 g/mol. The number of amides is 3. The van der Waals surface area contributed by atoms with Crippen LogP contribution < -0.4 is 10.6 Å². The van der Waals surface area contributed by atoms with Crippen LogP contribution in [0.15, 0.2) is 42.6 Å². The third-order valence-corrected chi connectivity index (χ3v) is 5.23. The van der Waals surface area contributed by atoms with E-state index in [1.54, 1.807) is 15.8 Å². The van der Waals surface area contributed by atoms with Crippen LogP contribution in [0.3, 0.4) is 0 Å². The lowest BCUT2D eigenvalue weighted by Crippen LogP contribution is -2.45. The van der Waals surface area contributed by atoms with Crippen LogP contribution in [0.1, 0.15) is 18.5 Å². The molecule has 8 nitrogen and oxygen atoms in total. The van der Waals surface area contributed by atoms with Crippen molar-refractivity contribution in [3.8, 4) is 0 Å². The van der Waals surface area contributed by atoms with E-state index in [4.69, 9.17) is 0 Å². The number of likely N-dealkylation sites (tertiary alicyclic amines) is 1. The third kappa shape index (κ3) is 4.06. The molecule has 29 heavy (non-hydrogen) atoms. The summed E-state index contributed by atoms with van der Waals surface area (Å²) in [6, 6.07) is 11.0. The van der Waals surface area contributed by atoms with Gasteiger partial charge in [-0.05, 0) is 38.0 Å². The SMILES string of the molecule is Cc1nn(C)c2ncc(NC(=O)N3CCC[C@@H](C(=O)Nc4ccccc4)C3)cc12. The Bertz CT molecular complexity index is 1050. The van der Waals surface area contributed by atoms with Crippen molar-refractivity contribution in [3.63, 3.8) is 0 Å². The first-order valence-electron chi connectivity index (χ1n) is 9.72. The molecule has 1 aliphatic heterocycles. The van der Waals surface area contributed by atoms with E-state index in [0.717, 1.165) is 35.3 Å². The Morgan fingerprint density at radius 2 is 1.93 bits per heavy atom. The molecule has 1 saturated heterocycles. The fourth-order valence-electron chi connectivity index (χ4n) is 3.72. The second kappa shape index (κ2) is 7.90. The topological polar surface area (TPSA) is 92.2 Å². The summed E-state index contributed by atoms with van der Waals surface area (Å²) in [4.78, 5) is 31.4. The molecule has 0 bridgehead atoms. The number of fused-ring (bicyclic) bond motifs is 1. The summed E-state index contributed by atoms with van der Waals surface area (Å²) in [7, 11) is 1.84. The Balaban J connectivity index is 1.41. The predicted octanol–water partition coefficient (Wildman–Crippen LogP) is 3.16. The molecule has 3 heterocycles. The number of rotatable bonds is 3. The highest BCUT2D eigenvalue weighted by atomic mass is 16.2. The molecule has 8 heteroatoms. The molecule has 3 aromatic rings. The Morgan fingerprint density at radius 3 is 2.72 bits per heavy atom. The summed E-state index contributed by atoms with van der Waals surface area (Å²) in [6.45, 7) is 2.94. The maximum atomic E-state index is 12.8. The maximum absolute atomic E-state index is 12.8. The lowest BCUT2D eigenvalue weighted by Gasteiger charge is -2.32. The van der Waals surface area contributed by atoms with Gasteiger partial charge in [0.1, 0.15) is 0 Å². The second-order valence-corrected chi connectivity index (χ2v) is 7.37. The summed E-state index contributed by atoms with van der Waals surface area (Å²) >= 11 is 0. The van der Waals surface area contributed by atoms with Gasteiger partial charge in [0.25, 0.3) is 0 Å². The minimum Gasteiger partial charge on any atom is -0.326 e. The van der Waals surface area contributed by atoms with E-state index < -0.39 is 0 Å².